The van der Waals surface area contributed by atoms with Crippen LogP contribution in [0.4, 0.5) is 0 Å². The van der Waals surface area contributed by atoms with Gasteiger partial charge in [0.1, 0.15) is 13.2 Å². The van der Waals surface area contributed by atoms with Crippen molar-refractivity contribution in [2.24, 2.45) is 0 Å². The first-order valence-corrected chi connectivity index (χ1v) is 30.2. The van der Waals surface area contributed by atoms with Gasteiger partial charge in [-0.25, -0.2) is 0 Å². The van der Waals surface area contributed by atoms with Crippen LogP contribution in [-0.4, -0.2) is 68.5 Å². The third-order valence-corrected chi connectivity index (χ3v) is 13.7. The molecule has 0 aliphatic rings. The number of unbranched alkanes of at least 4 members (excludes halogenated alkanes) is 27. The number of phosphoric ester groups is 1. The van der Waals surface area contributed by atoms with Gasteiger partial charge < -0.3 is 28.8 Å². The Bertz CT molecular complexity index is 1350. The molecule has 0 aliphatic carbocycles. The second kappa shape index (κ2) is 50.9. The van der Waals surface area contributed by atoms with Crippen molar-refractivity contribution in [2.45, 2.75) is 264 Å². The lowest BCUT2D eigenvalue weighted by Gasteiger charge is -2.30. The van der Waals surface area contributed by atoms with Crippen molar-refractivity contribution in [3.05, 3.63) is 72.9 Å². The molecule has 3 unspecified atom stereocenters. The topological polar surface area (TPSA) is 108 Å². The predicted molar refractivity (Wildman–Crippen MR) is 297 cm³/mol. The molecule has 0 aromatic rings. The third-order valence-electron chi connectivity index (χ3n) is 12.7. The number of carbonyl (C=O) groups is 1. The van der Waals surface area contributed by atoms with E-state index < -0.39 is 20.0 Å². The zero-order valence-electron chi connectivity index (χ0n) is 45.8. The van der Waals surface area contributed by atoms with Gasteiger partial charge in [-0.05, 0) is 64.2 Å². The quantitative estimate of drug-likeness (QED) is 0.0272. The first-order valence-electron chi connectivity index (χ1n) is 28.8. The molecule has 0 aliphatic heterocycles. The molecule has 0 saturated heterocycles. The van der Waals surface area contributed by atoms with E-state index in [0.29, 0.717) is 23.9 Å². The van der Waals surface area contributed by atoms with Gasteiger partial charge in [0.15, 0.2) is 0 Å². The highest BCUT2D eigenvalue weighted by atomic mass is 31.2. The Morgan fingerprint density at radius 3 is 1.29 bits per heavy atom. The molecule has 9 heteroatoms. The number of rotatable bonds is 52. The second-order valence-corrected chi connectivity index (χ2v) is 22.0. The van der Waals surface area contributed by atoms with Gasteiger partial charge in [-0.2, -0.15) is 0 Å². The monoisotopic (exact) mass is 987 g/mol. The molecule has 0 aromatic carbocycles. The number of hydrogen-bond acceptors (Lipinski definition) is 6. The van der Waals surface area contributed by atoms with Crippen molar-refractivity contribution in [1.82, 2.24) is 5.32 Å². The van der Waals surface area contributed by atoms with Crippen molar-refractivity contribution < 1.29 is 32.9 Å². The molecular formula is C60H111N2O6P. The van der Waals surface area contributed by atoms with Gasteiger partial charge in [0, 0.05) is 6.42 Å². The van der Waals surface area contributed by atoms with E-state index in [1.165, 1.54) is 148 Å². The Labute approximate surface area is 427 Å². The number of aliphatic hydroxyl groups excluding tert-OH is 1. The van der Waals surface area contributed by atoms with Crippen LogP contribution in [0.1, 0.15) is 251 Å². The van der Waals surface area contributed by atoms with Crippen LogP contribution in [0.5, 0.6) is 0 Å². The first kappa shape index (κ1) is 66.9. The number of amides is 1. The molecule has 0 radical (unpaired) electrons. The van der Waals surface area contributed by atoms with E-state index in [2.05, 4.69) is 92.1 Å². The standard InChI is InChI=1S/C60H111N2O6P/c1-6-8-10-12-14-16-18-20-21-22-23-24-25-26-27-28-29-30-31-32-33-34-35-36-37-38-39-40-41-42-44-46-48-50-52-54-60(64)61-58(57-68-69(65,66)67-56-55-62(3,4)5)59(63)53-51-49-47-45-43-19-17-15-13-11-9-7-2/h8,10,14,16,20-21,23-24,26-27,29-30,58-59,63H,6-7,9,11-13,15,17-19,22,25,28,31-57H2,1-5H3,(H-,61,64,65,66)/b10-8-,16-14-,21-20-,24-23-,27-26-,30-29-. The average molecular weight is 988 g/mol. The van der Waals surface area contributed by atoms with Crippen LogP contribution in [0.25, 0.3) is 0 Å². The molecule has 0 heterocycles. The molecule has 0 bridgehead atoms. The van der Waals surface area contributed by atoms with E-state index in [1.807, 2.05) is 21.1 Å². The largest absolute Gasteiger partial charge is 0.756 e. The van der Waals surface area contributed by atoms with Gasteiger partial charge in [0.2, 0.25) is 5.91 Å². The van der Waals surface area contributed by atoms with E-state index in [1.54, 1.807) is 0 Å². The number of nitrogens with zero attached hydrogens (tertiary/aromatic N) is 1. The van der Waals surface area contributed by atoms with Gasteiger partial charge in [-0.3, -0.25) is 9.36 Å². The zero-order valence-corrected chi connectivity index (χ0v) is 46.6. The Morgan fingerprint density at radius 1 is 0.522 bits per heavy atom. The van der Waals surface area contributed by atoms with Crippen LogP contribution in [-0.2, 0) is 18.4 Å². The molecule has 2 N–H and O–H groups in total. The van der Waals surface area contributed by atoms with Gasteiger partial charge in [-0.15, -0.1) is 0 Å². The molecule has 0 saturated carbocycles. The maximum atomic E-state index is 13.0. The Kier molecular flexibility index (Phi) is 49.3. The zero-order chi connectivity index (χ0) is 50.6. The van der Waals surface area contributed by atoms with Crippen LogP contribution in [0, 0.1) is 0 Å². The lowest BCUT2D eigenvalue weighted by molar-refractivity contribution is -0.870. The molecule has 1 amide bonds. The van der Waals surface area contributed by atoms with Crippen molar-refractivity contribution in [3.8, 4) is 0 Å². The van der Waals surface area contributed by atoms with Gasteiger partial charge in [0.05, 0.1) is 39.9 Å². The number of aliphatic hydroxyl groups is 1. The summed E-state index contributed by atoms with van der Waals surface area (Å²) in [5.74, 6) is -0.166. The first-order chi connectivity index (χ1) is 33.5. The lowest BCUT2D eigenvalue weighted by atomic mass is 10.0. The fourth-order valence-corrected chi connectivity index (χ4v) is 8.94. The van der Waals surface area contributed by atoms with Crippen LogP contribution in [0.2, 0.25) is 0 Å². The SMILES string of the molecule is CC/C=C\C/C=C\C/C=C\C/C=C\C/C=C\C/C=C\CCCCCCCCCCCCCCCCCCC(=O)NC(COP(=O)([O-])OCC[N+](C)(C)C)C(O)CCCCCCCCCCCCCC. The maximum absolute atomic E-state index is 13.0. The smallest absolute Gasteiger partial charge is 0.268 e. The summed E-state index contributed by atoms with van der Waals surface area (Å²) in [5, 5.41) is 14.0. The maximum Gasteiger partial charge on any atom is 0.268 e. The highest BCUT2D eigenvalue weighted by molar-refractivity contribution is 7.45. The fraction of sp³-hybridized carbons (Fsp3) is 0.783. The average Bonchev–Trinajstić information content (AvgIpc) is 3.31. The molecule has 3 atom stereocenters. The highest BCUT2D eigenvalue weighted by Gasteiger charge is 2.24. The Balaban J connectivity index is 3.99. The van der Waals surface area contributed by atoms with E-state index in [9.17, 15) is 19.4 Å². The van der Waals surface area contributed by atoms with Crippen LogP contribution >= 0.6 is 7.82 Å². The number of carbonyl (C=O) groups excluding carboxylic acids is 1. The van der Waals surface area contributed by atoms with Gasteiger partial charge in [-0.1, -0.05) is 254 Å². The summed E-state index contributed by atoms with van der Waals surface area (Å²) in [7, 11) is 1.30. The molecule has 402 valence electrons. The molecular weight excluding hydrogens is 876 g/mol. The van der Waals surface area contributed by atoms with E-state index in [4.69, 9.17) is 9.05 Å². The number of hydrogen-bond donors (Lipinski definition) is 2. The summed E-state index contributed by atoms with van der Waals surface area (Å²) in [6.07, 6.45) is 69.4. The molecule has 0 rings (SSSR count). The summed E-state index contributed by atoms with van der Waals surface area (Å²) in [4.78, 5) is 25.5. The molecule has 0 aromatic heterocycles. The normalized spacial score (nSPS) is 14.5. The molecule has 0 fully saturated rings. The number of phosphoric acid groups is 1. The van der Waals surface area contributed by atoms with Gasteiger partial charge >= 0.3 is 0 Å². The predicted octanol–water partition coefficient (Wildman–Crippen LogP) is 16.9. The minimum absolute atomic E-state index is 0.0111. The number of quaternary nitrogens is 1. The van der Waals surface area contributed by atoms with Gasteiger partial charge in [0.25, 0.3) is 7.82 Å². The molecule has 69 heavy (non-hydrogen) atoms. The number of allylic oxidation sites excluding steroid dienone is 12. The molecule has 8 nitrogen and oxygen atoms in total. The number of likely N-dealkylation sites (N-methyl/N-ethyl adjacent to an activating group) is 1. The Morgan fingerprint density at radius 2 is 0.884 bits per heavy atom. The summed E-state index contributed by atoms with van der Waals surface area (Å²) >= 11 is 0. The summed E-state index contributed by atoms with van der Waals surface area (Å²) < 4.78 is 23.4. The van der Waals surface area contributed by atoms with Crippen LogP contribution < -0.4 is 10.2 Å². The van der Waals surface area contributed by atoms with Crippen LogP contribution in [0.3, 0.4) is 0 Å². The third kappa shape index (κ3) is 53.6. The number of nitrogens with one attached hydrogen (secondary N) is 1. The van der Waals surface area contributed by atoms with E-state index >= 15 is 0 Å². The van der Waals surface area contributed by atoms with E-state index in [0.717, 1.165) is 77.0 Å². The fourth-order valence-electron chi connectivity index (χ4n) is 8.22. The van der Waals surface area contributed by atoms with Crippen molar-refractivity contribution >= 4 is 13.7 Å². The van der Waals surface area contributed by atoms with Crippen molar-refractivity contribution in [1.29, 1.82) is 0 Å². The van der Waals surface area contributed by atoms with E-state index in [-0.39, 0.29) is 19.1 Å². The Hall–Kier alpha value is -2.06. The van der Waals surface area contributed by atoms with Crippen molar-refractivity contribution in [2.75, 3.05) is 40.9 Å². The lowest BCUT2D eigenvalue weighted by Crippen LogP contribution is -2.46. The summed E-state index contributed by atoms with van der Waals surface area (Å²) in [6.45, 7) is 4.61. The summed E-state index contributed by atoms with van der Waals surface area (Å²) in [6, 6.07) is -0.801. The minimum atomic E-state index is -4.57. The second-order valence-electron chi connectivity index (χ2n) is 20.6. The minimum Gasteiger partial charge on any atom is -0.756 e. The summed E-state index contributed by atoms with van der Waals surface area (Å²) in [5.41, 5.74) is 0. The van der Waals surface area contributed by atoms with Crippen LogP contribution in [0.15, 0.2) is 72.9 Å². The molecule has 0 spiro atoms. The highest BCUT2D eigenvalue weighted by Crippen LogP contribution is 2.38. The van der Waals surface area contributed by atoms with Crippen molar-refractivity contribution in [3.63, 3.8) is 0 Å².